The van der Waals surface area contributed by atoms with Gasteiger partial charge in [0.25, 0.3) is 0 Å². The molecule has 0 aromatic heterocycles. The van der Waals surface area contributed by atoms with Gasteiger partial charge < -0.3 is 11.1 Å². The maximum Gasteiger partial charge on any atom is 0.0177 e. The van der Waals surface area contributed by atoms with E-state index in [2.05, 4.69) is 0 Å². The number of allylic oxidation sites excluding steroid dienone is 9. The zero-order chi connectivity index (χ0) is 9.78. The van der Waals surface area contributed by atoms with Gasteiger partial charge in [-0.3, -0.25) is 0 Å². The average Bonchev–Trinajstić information content (AvgIpc) is 2.16. The van der Waals surface area contributed by atoms with Crippen LogP contribution in [0.3, 0.4) is 0 Å². The van der Waals surface area contributed by atoms with E-state index in [0.717, 1.165) is 0 Å². The Hall–Kier alpha value is -1.83. The lowest BCUT2D eigenvalue weighted by molar-refractivity contribution is 1.58. The molecule has 0 bridgehead atoms. The van der Waals surface area contributed by atoms with Crippen molar-refractivity contribution < 1.29 is 0 Å². The van der Waals surface area contributed by atoms with Crippen LogP contribution in [0.4, 0.5) is 0 Å². The Morgan fingerprint density at radius 2 is 1.00 bits per heavy atom. The lowest BCUT2D eigenvalue weighted by atomic mass is 10.4. The maximum atomic E-state index is 6.70. The van der Waals surface area contributed by atoms with Gasteiger partial charge in [-0.2, -0.15) is 0 Å². The van der Waals surface area contributed by atoms with E-state index in [4.69, 9.17) is 11.1 Å². The molecule has 13 heavy (non-hydrogen) atoms. The van der Waals surface area contributed by atoms with E-state index in [1.807, 2.05) is 36.5 Å². The van der Waals surface area contributed by atoms with Crippen LogP contribution in [0.5, 0.6) is 0 Å². The van der Waals surface area contributed by atoms with Crippen LogP contribution >= 0.6 is 0 Å². The van der Waals surface area contributed by atoms with Crippen molar-refractivity contribution >= 4 is 6.21 Å². The summed E-state index contributed by atoms with van der Waals surface area (Å²) in [6.07, 6.45) is 19.2. The van der Waals surface area contributed by atoms with Crippen LogP contribution < -0.4 is 5.73 Å². The topological polar surface area (TPSA) is 49.9 Å². The molecule has 0 heterocycles. The first-order valence-electron chi connectivity index (χ1n) is 3.96. The van der Waals surface area contributed by atoms with Crippen LogP contribution in [-0.2, 0) is 0 Å². The third-order valence-electron chi connectivity index (χ3n) is 1.10. The highest BCUT2D eigenvalue weighted by molar-refractivity contribution is 5.68. The molecular weight excluding hydrogens is 160 g/mol. The van der Waals surface area contributed by atoms with Gasteiger partial charge in [0.05, 0.1) is 0 Å². The maximum absolute atomic E-state index is 6.70. The number of hydrogen-bond donors (Lipinski definition) is 2. The molecule has 2 nitrogen and oxygen atoms in total. The molecule has 0 amide bonds. The van der Waals surface area contributed by atoms with Gasteiger partial charge in [-0.15, -0.1) is 0 Å². The Kier molecular flexibility index (Phi) is 8.74. The van der Waals surface area contributed by atoms with Gasteiger partial charge in [-0.25, -0.2) is 0 Å². The van der Waals surface area contributed by atoms with Crippen molar-refractivity contribution in [3.05, 3.63) is 60.9 Å². The molecule has 0 aromatic carbocycles. The molecule has 0 rings (SSSR count). The lowest BCUT2D eigenvalue weighted by Gasteiger charge is -1.73. The molecule has 0 unspecified atom stereocenters. The predicted molar refractivity (Wildman–Crippen MR) is 58.7 cm³/mol. The first-order chi connectivity index (χ1) is 6.41. The average molecular weight is 174 g/mol. The quantitative estimate of drug-likeness (QED) is 0.487. The minimum atomic E-state index is 1.24. The number of nitrogens with two attached hydrogens (primary N) is 1. The van der Waals surface area contributed by atoms with Crippen LogP contribution in [0.1, 0.15) is 0 Å². The molecular formula is C11H14N2. The highest BCUT2D eigenvalue weighted by atomic mass is 14.5. The fourth-order valence-corrected chi connectivity index (χ4v) is 0.569. The zero-order valence-corrected chi connectivity index (χ0v) is 7.43. The summed E-state index contributed by atoms with van der Waals surface area (Å²) in [6, 6.07) is 0. The molecule has 0 aliphatic heterocycles. The number of nitrogens with one attached hydrogen (secondary N) is 1. The molecule has 3 N–H and O–H groups in total. The van der Waals surface area contributed by atoms with Crippen LogP contribution in [0.15, 0.2) is 60.9 Å². The molecule has 0 saturated heterocycles. The summed E-state index contributed by atoms with van der Waals surface area (Å²) in [4.78, 5) is 0. The number of hydrogen-bond acceptors (Lipinski definition) is 2. The molecule has 0 saturated carbocycles. The van der Waals surface area contributed by atoms with E-state index in [1.54, 1.807) is 18.2 Å². The second kappa shape index (κ2) is 10.2. The Morgan fingerprint density at radius 3 is 1.38 bits per heavy atom. The monoisotopic (exact) mass is 174 g/mol. The SMILES string of the molecule is N=CC=CC=CC=CC=CC=CN. The van der Waals surface area contributed by atoms with Gasteiger partial charge in [0.1, 0.15) is 0 Å². The van der Waals surface area contributed by atoms with Crippen LogP contribution in [0.2, 0.25) is 0 Å². The second-order valence-corrected chi connectivity index (χ2v) is 2.09. The van der Waals surface area contributed by atoms with Gasteiger partial charge in [0, 0.05) is 6.21 Å². The zero-order valence-electron chi connectivity index (χ0n) is 7.43. The normalized spacial score (nSPS) is 13.2. The van der Waals surface area contributed by atoms with Crippen molar-refractivity contribution in [2.75, 3.05) is 0 Å². The van der Waals surface area contributed by atoms with Crippen LogP contribution in [0, 0.1) is 5.41 Å². The number of rotatable bonds is 5. The third kappa shape index (κ3) is 10.2. The van der Waals surface area contributed by atoms with Gasteiger partial charge in [0.15, 0.2) is 0 Å². The van der Waals surface area contributed by atoms with Gasteiger partial charge >= 0.3 is 0 Å². The summed E-state index contributed by atoms with van der Waals surface area (Å²) in [5.41, 5.74) is 5.12. The fourth-order valence-electron chi connectivity index (χ4n) is 0.569. The van der Waals surface area contributed by atoms with Crippen molar-refractivity contribution in [2.45, 2.75) is 0 Å². The van der Waals surface area contributed by atoms with Crippen molar-refractivity contribution in [1.82, 2.24) is 0 Å². The highest BCUT2D eigenvalue weighted by Crippen LogP contribution is 1.82. The van der Waals surface area contributed by atoms with E-state index in [1.165, 1.54) is 12.4 Å². The van der Waals surface area contributed by atoms with Crippen molar-refractivity contribution in [1.29, 1.82) is 5.41 Å². The minimum Gasteiger partial charge on any atom is -0.405 e. The van der Waals surface area contributed by atoms with Crippen LogP contribution in [0.25, 0.3) is 0 Å². The summed E-state index contributed by atoms with van der Waals surface area (Å²) in [5.74, 6) is 0. The molecule has 0 aliphatic rings. The molecule has 0 aliphatic carbocycles. The van der Waals surface area contributed by atoms with E-state index in [9.17, 15) is 0 Å². The highest BCUT2D eigenvalue weighted by Gasteiger charge is 1.61. The standard InChI is InChI=1S/C11H14N2/c12-10-8-6-4-2-1-3-5-7-9-11-13/h1-12H,13H2. The Morgan fingerprint density at radius 1 is 0.615 bits per heavy atom. The summed E-state index contributed by atoms with van der Waals surface area (Å²) in [5, 5.41) is 6.70. The molecule has 0 atom stereocenters. The Balaban J connectivity index is 3.68. The van der Waals surface area contributed by atoms with Gasteiger partial charge in [-0.05, 0) is 18.4 Å². The largest absolute Gasteiger partial charge is 0.405 e. The second-order valence-electron chi connectivity index (χ2n) is 2.09. The van der Waals surface area contributed by atoms with Gasteiger partial charge in [0.2, 0.25) is 0 Å². The third-order valence-corrected chi connectivity index (χ3v) is 1.10. The summed E-state index contributed by atoms with van der Waals surface area (Å²) in [7, 11) is 0. The molecule has 0 aromatic rings. The molecule has 68 valence electrons. The fraction of sp³-hybridized carbons (Fsp3) is 0. The summed E-state index contributed by atoms with van der Waals surface area (Å²) in [6.45, 7) is 0. The molecule has 0 radical (unpaired) electrons. The van der Waals surface area contributed by atoms with E-state index in [-0.39, 0.29) is 0 Å². The molecule has 0 spiro atoms. The summed E-state index contributed by atoms with van der Waals surface area (Å²) >= 11 is 0. The van der Waals surface area contributed by atoms with Crippen molar-refractivity contribution in [3.8, 4) is 0 Å². The minimum absolute atomic E-state index is 1.24. The predicted octanol–water partition coefficient (Wildman–Crippen LogP) is 2.33. The van der Waals surface area contributed by atoms with E-state index >= 15 is 0 Å². The van der Waals surface area contributed by atoms with Gasteiger partial charge in [-0.1, -0.05) is 42.5 Å². The molecule has 2 heteroatoms. The summed E-state index contributed by atoms with van der Waals surface area (Å²) < 4.78 is 0. The first kappa shape index (κ1) is 11.2. The molecule has 0 fully saturated rings. The van der Waals surface area contributed by atoms with Crippen molar-refractivity contribution in [2.24, 2.45) is 5.73 Å². The lowest BCUT2D eigenvalue weighted by Crippen LogP contribution is -1.71. The van der Waals surface area contributed by atoms with E-state index in [0.29, 0.717) is 0 Å². The van der Waals surface area contributed by atoms with E-state index < -0.39 is 0 Å². The van der Waals surface area contributed by atoms with Crippen molar-refractivity contribution in [3.63, 3.8) is 0 Å². The Labute approximate surface area is 79.0 Å². The van der Waals surface area contributed by atoms with Crippen LogP contribution in [-0.4, -0.2) is 6.21 Å². The smallest absolute Gasteiger partial charge is 0.0177 e. The Bertz CT molecular complexity index is 255. The first-order valence-corrected chi connectivity index (χ1v) is 3.96.